The number of nitro groups is 1. The van der Waals surface area contributed by atoms with Gasteiger partial charge in [0.15, 0.2) is 0 Å². The minimum absolute atomic E-state index is 0.145. The molecule has 1 rings (SSSR count). The van der Waals surface area contributed by atoms with Crippen LogP contribution in [-0.2, 0) is 0 Å². The zero-order valence-corrected chi connectivity index (χ0v) is 9.04. The summed E-state index contributed by atoms with van der Waals surface area (Å²) >= 11 is 3.39. The van der Waals surface area contributed by atoms with E-state index in [1.54, 1.807) is 12.1 Å². The van der Waals surface area contributed by atoms with Crippen molar-refractivity contribution in [3.8, 4) is 0 Å². The van der Waals surface area contributed by atoms with Crippen molar-refractivity contribution in [1.82, 2.24) is 0 Å². The molecule has 13 heavy (non-hydrogen) atoms. The lowest BCUT2D eigenvalue weighted by molar-refractivity contribution is -0.384. The number of nitrogens with zero attached hydrogens (tertiary/aromatic N) is 1. The molecule has 0 aromatic heterocycles. The fourth-order valence-electron chi connectivity index (χ4n) is 1.17. The minimum atomic E-state index is -0.377. The molecule has 0 radical (unpaired) electrons. The summed E-state index contributed by atoms with van der Waals surface area (Å²) in [5, 5.41) is 10.5. The van der Waals surface area contributed by atoms with Gasteiger partial charge in [0.05, 0.1) is 4.92 Å². The van der Waals surface area contributed by atoms with Gasteiger partial charge in [0, 0.05) is 17.0 Å². The Hall–Kier alpha value is -0.900. The Morgan fingerprint density at radius 2 is 2.15 bits per heavy atom. The van der Waals surface area contributed by atoms with Crippen molar-refractivity contribution in [1.29, 1.82) is 0 Å². The molecule has 0 amide bonds. The first-order valence-electron chi connectivity index (χ1n) is 3.91. The van der Waals surface area contributed by atoms with Gasteiger partial charge in [-0.05, 0) is 25.0 Å². The fourth-order valence-corrected chi connectivity index (χ4v) is 1.66. The summed E-state index contributed by atoms with van der Waals surface area (Å²) in [6, 6.07) is 4.90. The molecule has 0 spiro atoms. The molecule has 70 valence electrons. The smallest absolute Gasteiger partial charge is 0.258 e. The molecule has 0 heterocycles. The predicted octanol–water partition coefficient (Wildman–Crippen LogP) is 3.36. The number of nitro benzene ring substituents is 1. The van der Waals surface area contributed by atoms with Crippen LogP contribution in [-0.4, -0.2) is 4.92 Å². The number of non-ortho nitro benzene ring substituents is 1. The van der Waals surface area contributed by atoms with Gasteiger partial charge in [-0.1, -0.05) is 22.0 Å². The Morgan fingerprint density at radius 3 is 2.62 bits per heavy atom. The quantitative estimate of drug-likeness (QED) is 0.454. The summed E-state index contributed by atoms with van der Waals surface area (Å²) in [7, 11) is 0. The number of halogens is 1. The lowest BCUT2D eigenvalue weighted by Gasteiger charge is -2.06. The summed E-state index contributed by atoms with van der Waals surface area (Å²) in [4.78, 5) is 10.2. The second kappa shape index (κ2) is 3.87. The normalized spacial score (nSPS) is 12.5. The maximum Gasteiger partial charge on any atom is 0.269 e. The molecule has 0 unspecified atom stereocenters. The van der Waals surface area contributed by atoms with E-state index in [1.165, 1.54) is 6.07 Å². The van der Waals surface area contributed by atoms with Crippen molar-refractivity contribution in [2.45, 2.75) is 18.7 Å². The molecule has 1 aromatic rings. The van der Waals surface area contributed by atoms with Crippen LogP contribution < -0.4 is 0 Å². The Labute approximate surface area is 85.0 Å². The average Bonchev–Trinajstić information content (AvgIpc) is 2.04. The van der Waals surface area contributed by atoms with Crippen LogP contribution in [0.15, 0.2) is 18.2 Å². The van der Waals surface area contributed by atoms with Gasteiger partial charge in [0.25, 0.3) is 5.69 Å². The number of hydrogen-bond acceptors (Lipinski definition) is 2. The number of benzene rings is 1. The molecule has 0 bridgehead atoms. The molecular weight excluding hydrogens is 234 g/mol. The monoisotopic (exact) mass is 243 g/mol. The molecule has 0 saturated heterocycles. The van der Waals surface area contributed by atoms with E-state index in [1.807, 2.05) is 13.8 Å². The van der Waals surface area contributed by atoms with Crippen LogP contribution in [0.3, 0.4) is 0 Å². The highest BCUT2D eigenvalue weighted by molar-refractivity contribution is 9.09. The number of aryl methyl sites for hydroxylation is 1. The molecule has 0 aliphatic rings. The maximum absolute atomic E-state index is 10.5. The predicted molar refractivity (Wildman–Crippen MR) is 55.2 cm³/mol. The van der Waals surface area contributed by atoms with E-state index in [2.05, 4.69) is 15.9 Å². The molecule has 0 fully saturated rings. The molecule has 0 N–H and O–H groups in total. The van der Waals surface area contributed by atoms with Crippen molar-refractivity contribution in [2.24, 2.45) is 0 Å². The van der Waals surface area contributed by atoms with E-state index in [-0.39, 0.29) is 15.4 Å². The van der Waals surface area contributed by atoms with Crippen molar-refractivity contribution in [3.63, 3.8) is 0 Å². The highest BCUT2D eigenvalue weighted by Crippen LogP contribution is 2.28. The third kappa shape index (κ3) is 2.28. The van der Waals surface area contributed by atoms with Crippen LogP contribution in [0.25, 0.3) is 0 Å². The fraction of sp³-hybridized carbons (Fsp3) is 0.333. The van der Waals surface area contributed by atoms with Gasteiger partial charge in [-0.15, -0.1) is 0 Å². The van der Waals surface area contributed by atoms with E-state index < -0.39 is 0 Å². The van der Waals surface area contributed by atoms with Crippen LogP contribution in [0.1, 0.15) is 22.9 Å². The van der Waals surface area contributed by atoms with Gasteiger partial charge >= 0.3 is 0 Å². The van der Waals surface area contributed by atoms with Crippen molar-refractivity contribution in [3.05, 3.63) is 39.4 Å². The second-order valence-electron chi connectivity index (χ2n) is 2.91. The topological polar surface area (TPSA) is 43.1 Å². The summed E-state index contributed by atoms with van der Waals surface area (Å²) in [6.07, 6.45) is 0. The molecule has 0 aliphatic heterocycles. The SMILES string of the molecule is Cc1ccc([N+](=O)[O-])cc1[C@H](C)Br. The van der Waals surface area contributed by atoms with E-state index >= 15 is 0 Å². The van der Waals surface area contributed by atoms with Gasteiger partial charge < -0.3 is 0 Å². The summed E-state index contributed by atoms with van der Waals surface area (Å²) in [6.45, 7) is 3.89. The van der Waals surface area contributed by atoms with E-state index in [9.17, 15) is 10.1 Å². The maximum atomic E-state index is 10.5. The Kier molecular flexibility index (Phi) is 3.03. The third-order valence-corrected chi connectivity index (χ3v) is 2.40. The van der Waals surface area contributed by atoms with Gasteiger partial charge in [-0.25, -0.2) is 0 Å². The molecule has 0 aliphatic carbocycles. The van der Waals surface area contributed by atoms with Crippen molar-refractivity contribution < 1.29 is 4.92 Å². The average molecular weight is 244 g/mol. The molecular formula is C9H10BrNO2. The zero-order chi connectivity index (χ0) is 10.0. The first-order valence-corrected chi connectivity index (χ1v) is 4.83. The first kappa shape index (κ1) is 10.2. The molecule has 1 aromatic carbocycles. The standard InChI is InChI=1S/C9H10BrNO2/c1-6-3-4-8(11(12)13)5-9(6)7(2)10/h3-5,7H,1-2H3/t7-/m0/s1. The second-order valence-corrected chi connectivity index (χ2v) is 4.29. The van der Waals surface area contributed by atoms with Gasteiger partial charge in [-0.3, -0.25) is 10.1 Å². The molecule has 3 nitrogen and oxygen atoms in total. The molecule has 0 saturated carbocycles. The van der Waals surface area contributed by atoms with Gasteiger partial charge in [0.1, 0.15) is 0 Å². The molecule has 4 heteroatoms. The minimum Gasteiger partial charge on any atom is -0.258 e. The van der Waals surface area contributed by atoms with Crippen molar-refractivity contribution in [2.75, 3.05) is 0 Å². The Balaban J connectivity index is 3.19. The summed E-state index contributed by atoms with van der Waals surface area (Å²) in [5.41, 5.74) is 2.18. The Morgan fingerprint density at radius 1 is 1.54 bits per heavy atom. The first-order chi connectivity index (χ1) is 6.02. The van der Waals surface area contributed by atoms with E-state index in [4.69, 9.17) is 0 Å². The number of rotatable bonds is 2. The van der Waals surface area contributed by atoms with Crippen LogP contribution in [0.4, 0.5) is 5.69 Å². The van der Waals surface area contributed by atoms with Crippen molar-refractivity contribution >= 4 is 21.6 Å². The highest BCUT2D eigenvalue weighted by atomic mass is 79.9. The van der Waals surface area contributed by atoms with Gasteiger partial charge in [0.2, 0.25) is 0 Å². The van der Waals surface area contributed by atoms with E-state index in [0.29, 0.717) is 0 Å². The summed E-state index contributed by atoms with van der Waals surface area (Å²) in [5.74, 6) is 0. The highest BCUT2D eigenvalue weighted by Gasteiger charge is 2.11. The largest absolute Gasteiger partial charge is 0.269 e. The molecule has 1 atom stereocenters. The van der Waals surface area contributed by atoms with Crippen LogP contribution in [0.5, 0.6) is 0 Å². The lowest BCUT2D eigenvalue weighted by Crippen LogP contribution is -1.93. The number of alkyl halides is 1. The Bertz CT molecular complexity index is 336. The number of hydrogen-bond donors (Lipinski definition) is 0. The van der Waals surface area contributed by atoms with Crippen LogP contribution >= 0.6 is 15.9 Å². The third-order valence-electron chi connectivity index (χ3n) is 1.90. The van der Waals surface area contributed by atoms with E-state index in [0.717, 1.165) is 11.1 Å². The van der Waals surface area contributed by atoms with Crippen LogP contribution in [0.2, 0.25) is 0 Å². The zero-order valence-electron chi connectivity index (χ0n) is 7.45. The van der Waals surface area contributed by atoms with Gasteiger partial charge in [-0.2, -0.15) is 0 Å². The lowest BCUT2D eigenvalue weighted by atomic mass is 10.1. The van der Waals surface area contributed by atoms with Crippen LogP contribution in [0, 0.1) is 17.0 Å². The summed E-state index contributed by atoms with van der Waals surface area (Å²) < 4.78 is 0.